The third-order valence-corrected chi connectivity index (χ3v) is 4.58. The molecule has 2 atom stereocenters. The minimum atomic E-state index is 0.751. The van der Waals surface area contributed by atoms with Crippen molar-refractivity contribution in [3.63, 3.8) is 0 Å². The summed E-state index contributed by atoms with van der Waals surface area (Å²) in [5.41, 5.74) is 0. The van der Waals surface area contributed by atoms with Crippen molar-refractivity contribution in [3.8, 4) is 0 Å². The van der Waals surface area contributed by atoms with Gasteiger partial charge in [-0.25, -0.2) is 0 Å². The fourth-order valence-electron chi connectivity index (χ4n) is 3.28. The highest BCUT2D eigenvalue weighted by atomic mass is 15.2. The number of likely N-dealkylation sites (tertiary alicyclic amines) is 1. The smallest absolute Gasteiger partial charge is 0.0198 e. The highest BCUT2D eigenvalue weighted by molar-refractivity contribution is 4.86. The Labute approximate surface area is 114 Å². The van der Waals surface area contributed by atoms with Gasteiger partial charge in [-0.2, -0.15) is 0 Å². The molecule has 1 N–H and O–H groups in total. The van der Waals surface area contributed by atoms with Crippen LogP contribution in [0.3, 0.4) is 0 Å². The molecule has 0 bridgehead atoms. The molecule has 2 heteroatoms. The van der Waals surface area contributed by atoms with Crippen LogP contribution in [0.1, 0.15) is 52.9 Å². The highest BCUT2D eigenvalue weighted by Gasteiger charge is 2.31. The lowest BCUT2D eigenvalue weighted by Crippen LogP contribution is -2.49. The first-order valence-electron chi connectivity index (χ1n) is 8.13. The Hall–Kier alpha value is -0.0800. The zero-order valence-corrected chi connectivity index (χ0v) is 12.6. The predicted octanol–water partition coefficient (Wildman–Crippen LogP) is 3.13. The molecule has 2 fully saturated rings. The molecule has 0 amide bonds. The maximum Gasteiger partial charge on any atom is 0.0198 e. The summed E-state index contributed by atoms with van der Waals surface area (Å²) in [6, 6.07) is 0.751. The first-order valence-corrected chi connectivity index (χ1v) is 8.13. The number of nitrogens with one attached hydrogen (secondary N) is 1. The molecule has 1 saturated heterocycles. The van der Waals surface area contributed by atoms with E-state index < -0.39 is 0 Å². The summed E-state index contributed by atoms with van der Waals surface area (Å²) in [6.45, 7) is 12.0. The normalized spacial score (nSPS) is 30.0. The summed E-state index contributed by atoms with van der Waals surface area (Å²) in [4.78, 5) is 2.66. The second-order valence-electron chi connectivity index (χ2n) is 6.97. The number of nitrogens with zero attached hydrogens (tertiary/aromatic N) is 1. The van der Waals surface area contributed by atoms with Gasteiger partial charge in [-0.15, -0.1) is 0 Å². The Balaban J connectivity index is 1.73. The molecule has 2 nitrogen and oxygen atoms in total. The van der Waals surface area contributed by atoms with E-state index in [-0.39, 0.29) is 0 Å². The molecule has 1 aliphatic carbocycles. The number of hydrogen-bond donors (Lipinski definition) is 1. The fraction of sp³-hybridized carbons (Fsp3) is 1.00. The summed E-state index contributed by atoms with van der Waals surface area (Å²) in [6.07, 6.45) is 7.25. The van der Waals surface area contributed by atoms with E-state index in [4.69, 9.17) is 0 Å². The van der Waals surface area contributed by atoms with E-state index in [1.807, 2.05) is 0 Å². The van der Waals surface area contributed by atoms with Crippen LogP contribution in [0.25, 0.3) is 0 Å². The van der Waals surface area contributed by atoms with Gasteiger partial charge in [-0.3, -0.25) is 0 Å². The highest BCUT2D eigenvalue weighted by Crippen LogP contribution is 2.37. The van der Waals surface area contributed by atoms with E-state index in [1.165, 1.54) is 58.3 Å². The summed E-state index contributed by atoms with van der Waals surface area (Å²) in [5.74, 6) is 2.87. The SMILES string of the molecule is CCN1CC(CC2CC2)CC(NCCC(C)C)C1. The van der Waals surface area contributed by atoms with Crippen LogP contribution in [0.4, 0.5) is 0 Å². The lowest BCUT2D eigenvalue weighted by molar-refractivity contribution is 0.138. The van der Waals surface area contributed by atoms with Crippen LogP contribution in [0.5, 0.6) is 0 Å². The lowest BCUT2D eigenvalue weighted by Gasteiger charge is -2.38. The minimum Gasteiger partial charge on any atom is -0.313 e. The number of rotatable bonds is 7. The third kappa shape index (κ3) is 4.89. The standard InChI is InChI=1S/C16H32N2/c1-4-18-11-15(9-14-5-6-14)10-16(12-18)17-8-7-13(2)3/h13-17H,4-12H2,1-3H3. The van der Waals surface area contributed by atoms with E-state index >= 15 is 0 Å². The van der Waals surface area contributed by atoms with Crippen molar-refractivity contribution in [1.82, 2.24) is 10.2 Å². The van der Waals surface area contributed by atoms with Crippen molar-refractivity contribution < 1.29 is 0 Å². The molecular weight excluding hydrogens is 220 g/mol. The van der Waals surface area contributed by atoms with Gasteiger partial charge in [0.15, 0.2) is 0 Å². The van der Waals surface area contributed by atoms with Crippen LogP contribution in [-0.4, -0.2) is 37.1 Å². The maximum atomic E-state index is 3.80. The molecule has 2 rings (SSSR count). The first kappa shape index (κ1) is 14.3. The molecule has 0 radical (unpaired) electrons. The van der Waals surface area contributed by atoms with Gasteiger partial charge in [0, 0.05) is 19.1 Å². The van der Waals surface area contributed by atoms with Crippen LogP contribution < -0.4 is 5.32 Å². The lowest BCUT2D eigenvalue weighted by atomic mass is 9.89. The van der Waals surface area contributed by atoms with Crippen molar-refractivity contribution >= 4 is 0 Å². The van der Waals surface area contributed by atoms with E-state index in [9.17, 15) is 0 Å². The van der Waals surface area contributed by atoms with Crippen molar-refractivity contribution in [2.24, 2.45) is 17.8 Å². The van der Waals surface area contributed by atoms with Crippen LogP contribution in [0, 0.1) is 17.8 Å². The van der Waals surface area contributed by atoms with Gasteiger partial charge >= 0.3 is 0 Å². The van der Waals surface area contributed by atoms with Crippen LogP contribution >= 0.6 is 0 Å². The van der Waals surface area contributed by atoms with Gasteiger partial charge in [0.05, 0.1) is 0 Å². The summed E-state index contributed by atoms with van der Waals surface area (Å²) in [7, 11) is 0. The molecule has 1 aliphatic heterocycles. The third-order valence-electron chi connectivity index (χ3n) is 4.58. The van der Waals surface area contributed by atoms with Gasteiger partial charge in [-0.1, -0.05) is 33.6 Å². The molecule has 1 heterocycles. The van der Waals surface area contributed by atoms with Crippen molar-refractivity contribution in [1.29, 1.82) is 0 Å². The Morgan fingerprint density at radius 3 is 2.56 bits per heavy atom. The molecule has 1 saturated carbocycles. The van der Waals surface area contributed by atoms with Gasteiger partial charge in [-0.05, 0) is 50.1 Å². The Morgan fingerprint density at radius 1 is 1.17 bits per heavy atom. The average molecular weight is 252 g/mol. The van der Waals surface area contributed by atoms with Crippen molar-refractivity contribution in [2.45, 2.75) is 58.9 Å². The molecule has 0 aromatic rings. The first-order chi connectivity index (χ1) is 8.67. The minimum absolute atomic E-state index is 0.751. The zero-order chi connectivity index (χ0) is 13.0. The van der Waals surface area contributed by atoms with Crippen LogP contribution in [0.15, 0.2) is 0 Å². The molecule has 0 aromatic heterocycles. The topological polar surface area (TPSA) is 15.3 Å². The summed E-state index contributed by atoms with van der Waals surface area (Å²) in [5, 5.41) is 3.80. The largest absolute Gasteiger partial charge is 0.313 e. The number of piperidine rings is 1. The quantitative estimate of drug-likeness (QED) is 0.749. The molecule has 0 spiro atoms. The van der Waals surface area contributed by atoms with Gasteiger partial charge in [0.1, 0.15) is 0 Å². The molecule has 2 aliphatic rings. The fourth-order valence-corrected chi connectivity index (χ4v) is 3.28. The van der Waals surface area contributed by atoms with Crippen molar-refractivity contribution in [2.75, 3.05) is 26.2 Å². The predicted molar refractivity (Wildman–Crippen MR) is 78.8 cm³/mol. The Bertz CT molecular complexity index is 235. The summed E-state index contributed by atoms with van der Waals surface area (Å²) >= 11 is 0. The van der Waals surface area contributed by atoms with E-state index in [0.29, 0.717) is 0 Å². The van der Waals surface area contributed by atoms with Crippen LogP contribution in [-0.2, 0) is 0 Å². The second kappa shape index (κ2) is 6.91. The molecular formula is C16H32N2. The molecule has 0 aromatic carbocycles. The van der Waals surface area contributed by atoms with E-state index in [2.05, 4.69) is 31.0 Å². The van der Waals surface area contributed by atoms with E-state index in [0.717, 1.165) is 23.8 Å². The molecule has 2 unspecified atom stereocenters. The molecule has 18 heavy (non-hydrogen) atoms. The van der Waals surface area contributed by atoms with E-state index in [1.54, 1.807) is 0 Å². The molecule has 106 valence electrons. The van der Waals surface area contributed by atoms with Gasteiger partial charge in [0.2, 0.25) is 0 Å². The average Bonchev–Trinajstić information content (AvgIpc) is 3.12. The van der Waals surface area contributed by atoms with Crippen molar-refractivity contribution in [3.05, 3.63) is 0 Å². The number of hydrogen-bond acceptors (Lipinski definition) is 2. The second-order valence-corrected chi connectivity index (χ2v) is 6.97. The zero-order valence-electron chi connectivity index (χ0n) is 12.6. The maximum absolute atomic E-state index is 3.80. The Kier molecular flexibility index (Phi) is 5.50. The van der Waals surface area contributed by atoms with Crippen LogP contribution in [0.2, 0.25) is 0 Å². The summed E-state index contributed by atoms with van der Waals surface area (Å²) < 4.78 is 0. The van der Waals surface area contributed by atoms with Gasteiger partial charge < -0.3 is 10.2 Å². The number of likely N-dealkylation sites (N-methyl/N-ethyl adjacent to an activating group) is 1. The van der Waals surface area contributed by atoms with Gasteiger partial charge in [0.25, 0.3) is 0 Å². The monoisotopic (exact) mass is 252 g/mol. The Morgan fingerprint density at radius 2 is 1.94 bits per heavy atom.